The summed E-state index contributed by atoms with van der Waals surface area (Å²) < 4.78 is 9.32. The van der Waals surface area contributed by atoms with E-state index in [1.807, 2.05) is 26.2 Å². The maximum absolute atomic E-state index is 13.2. The molecule has 0 fully saturated rings. The lowest BCUT2D eigenvalue weighted by Crippen LogP contribution is -2.16. The molecule has 2 heterocycles. The minimum Gasteiger partial charge on any atom is -0.503 e. The summed E-state index contributed by atoms with van der Waals surface area (Å²) in [6.07, 6.45) is 50.6. The summed E-state index contributed by atoms with van der Waals surface area (Å²) in [5.41, 5.74) is -0.390. The zero-order chi connectivity index (χ0) is 41.4. The monoisotopic (exact) mass is 793 g/mol. The number of hydrogen-bond donors (Lipinski definition) is 2. The number of pyridine rings is 2. The van der Waals surface area contributed by atoms with Crippen LogP contribution >= 0.6 is 0 Å². The predicted molar refractivity (Wildman–Crippen MR) is 244 cm³/mol. The molecular formula is C50H84N2O5. The van der Waals surface area contributed by atoms with Gasteiger partial charge in [-0.1, -0.05) is 207 Å². The quantitative estimate of drug-likeness (QED) is 0.0670. The van der Waals surface area contributed by atoms with Crippen molar-refractivity contribution in [2.45, 2.75) is 233 Å². The van der Waals surface area contributed by atoms with Gasteiger partial charge in [0.1, 0.15) is 0 Å². The zero-order valence-electron chi connectivity index (χ0n) is 37.1. The van der Waals surface area contributed by atoms with Crippen LogP contribution in [0.2, 0.25) is 0 Å². The molecule has 7 nitrogen and oxygen atoms in total. The van der Waals surface area contributed by atoms with Crippen LogP contribution in [0.5, 0.6) is 23.0 Å². The van der Waals surface area contributed by atoms with Gasteiger partial charge in [-0.05, 0) is 38.5 Å². The molecule has 0 aliphatic rings. The summed E-state index contributed by atoms with van der Waals surface area (Å²) in [7, 11) is 0. The van der Waals surface area contributed by atoms with Crippen molar-refractivity contribution < 1.29 is 14.9 Å². The van der Waals surface area contributed by atoms with Crippen molar-refractivity contribution in [3.63, 3.8) is 0 Å². The fourth-order valence-electron chi connectivity index (χ4n) is 7.79. The zero-order valence-corrected chi connectivity index (χ0v) is 37.1. The third kappa shape index (κ3) is 20.9. The van der Waals surface area contributed by atoms with E-state index in [1.54, 1.807) is 9.13 Å². The summed E-state index contributed by atoms with van der Waals surface area (Å²) in [5.74, 6) is -1.10. The Labute approximate surface area is 348 Å². The van der Waals surface area contributed by atoms with Gasteiger partial charge in [0, 0.05) is 12.4 Å². The highest BCUT2D eigenvalue weighted by atomic mass is 16.5. The second kappa shape index (κ2) is 32.7. The maximum atomic E-state index is 13.2. The predicted octanol–water partition coefficient (Wildman–Crippen LogP) is 15.0. The normalized spacial score (nSPS) is 11.8. The van der Waals surface area contributed by atoms with Crippen LogP contribution in [0.3, 0.4) is 0 Å². The molecule has 0 spiro atoms. The molecule has 0 aliphatic heterocycles. The van der Waals surface area contributed by atoms with Crippen molar-refractivity contribution in [1.82, 2.24) is 9.13 Å². The summed E-state index contributed by atoms with van der Waals surface area (Å²) in [6.45, 7) is 8.32. The van der Waals surface area contributed by atoms with Gasteiger partial charge < -0.3 is 24.1 Å². The number of hydrogen-bond acceptors (Lipinski definition) is 5. The Balaban J connectivity index is 1.84. The molecule has 0 atom stereocenters. The molecule has 0 aromatic carbocycles. The molecule has 2 aromatic rings. The smallest absolute Gasteiger partial charge is 0.265 e. The molecule has 0 saturated heterocycles. The SMILES string of the molecule is CCCCCCCCCCCCCCCCC=Cn1cc(Oc2cn(C=CCCCCCCCCCCCCCCCC)c(CC)c(O)c2=O)c(=O)c(O)c1CC. The minimum absolute atomic E-state index is 0.162. The van der Waals surface area contributed by atoms with Crippen LogP contribution in [0.4, 0.5) is 0 Å². The molecule has 0 unspecified atom stereocenters. The van der Waals surface area contributed by atoms with Crippen LogP contribution in [0.1, 0.15) is 232 Å². The molecule has 0 bridgehead atoms. The fourth-order valence-corrected chi connectivity index (χ4v) is 7.79. The first kappa shape index (κ1) is 49.9. The lowest BCUT2D eigenvalue weighted by molar-refractivity contribution is 0.418. The number of ether oxygens (including phenoxy) is 1. The molecular weight excluding hydrogens is 709 g/mol. The molecule has 57 heavy (non-hydrogen) atoms. The van der Waals surface area contributed by atoms with E-state index in [9.17, 15) is 19.8 Å². The first-order valence-corrected chi connectivity index (χ1v) is 23.8. The highest BCUT2D eigenvalue weighted by molar-refractivity contribution is 5.46. The van der Waals surface area contributed by atoms with E-state index in [2.05, 4.69) is 26.0 Å². The lowest BCUT2D eigenvalue weighted by atomic mass is 10.0. The summed E-state index contributed by atoms with van der Waals surface area (Å²) in [5, 5.41) is 21.7. The summed E-state index contributed by atoms with van der Waals surface area (Å²) in [6, 6.07) is 0. The van der Waals surface area contributed by atoms with Crippen LogP contribution in [-0.2, 0) is 12.8 Å². The van der Waals surface area contributed by atoms with Gasteiger partial charge in [0.05, 0.1) is 23.8 Å². The van der Waals surface area contributed by atoms with Gasteiger partial charge in [0.15, 0.2) is 23.0 Å². The number of unbranched alkanes of at least 4 members (excludes halogenated alkanes) is 28. The highest BCUT2D eigenvalue weighted by Crippen LogP contribution is 2.25. The Hall–Kier alpha value is -3.22. The third-order valence-corrected chi connectivity index (χ3v) is 11.4. The molecule has 2 rings (SSSR count). The van der Waals surface area contributed by atoms with Crippen LogP contribution in [0.15, 0.2) is 34.1 Å². The van der Waals surface area contributed by atoms with Gasteiger partial charge >= 0.3 is 0 Å². The Kier molecular flexibility index (Phi) is 28.6. The van der Waals surface area contributed by atoms with Crippen LogP contribution in [0.25, 0.3) is 12.4 Å². The Morgan fingerprint density at radius 1 is 0.439 bits per heavy atom. The number of aromatic nitrogens is 2. The maximum Gasteiger partial charge on any atom is 0.265 e. The summed E-state index contributed by atoms with van der Waals surface area (Å²) >= 11 is 0. The van der Waals surface area contributed by atoms with Gasteiger partial charge in [0.25, 0.3) is 10.9 Å². The average molecular weight is 793 g/mol. The van der Waals surface area contributed by atoms with E-state index in [1.165, 1.54) is 179 Å². The number of allylic oxidation sites excluding steroid dienone is 2. The van der Waals surface area contributed by atoms with Gasteiger partial charge in [-0.25, -0.2) is 0 Å². The van der Waals surface area contributed by atoms with E-state index in [0.717, 1.165) is 25.7 Å². The van der Waals surface area contributed by atoms with Crippen LogP contribution in [-0.4, -0.2) is 19.3 Å². The van der Waals surface area contributed by atoms with Gasteiger partial charge in [-0.2, -0.15) is 0 Å². The van der Waals surface area contributed by atoms with E-state index in [-0.39, 0.29) is 23.0 Å². The molecule has 0 aliphatic carbocycles. The highest BCUT2D eigenvalue weighted by Gasteiger charge is 2.19. The van der Waals surface area contributed by atoms with E-state index < -0.39 is 10.9 Å². The average Bonchev–Trinajstić information content (AvgIpc) is 3.21. The van der Waals surface area contributed by atoms with Crippen molar-refractivity contribution in [3.8, 4) is 23.0 Å². The van der Waals surface area contributed by atoms with E-state index >= 15 is 0 Å². The first-order valence-electron chi connectivity index (χ1n) is 23.8. The molecule has 0 saturated carbocycles. The van der Waals surface area contributed by atoms with E-state index in [0.29, 0.717) is 24.2 Å². The Bertz CT molecular complexity index is 1390. The minimum atomic E-state index is -0.679. The summed E-state index contributed by atoms with van der Waals surface area (Å²) in [4.78, 5) is 26.3. The van der Waals surface area contributed by atoms with Crippen molar-refractivity contribution in [2.75, 3.05) is 0 Å². The van der Waals surface area contributed by atoms with Gasteiger partial charge in [-0.3, -0.25) is 9.59 Å². The van der Waals surface area contributed by atoms with Crippen molar-refractivity contribution in [1.29, 1.82) is 0 Å². The largest absolute Gasteiger partial charge is 0.503 e. The van der Waals surface area contributed by atoms with Crippen molar-refractivity contribution in [2.24, 2.45) is 0 Å². The topological polar surface area (TPSA) is 93.7 Å². The second-order valence-corrected chi connectivity index (χ2v) is 16.4. The second-order valence-electron chi connectivity index (χ2n) is 16.4. The van der Waals surface area contributed by atoms with Gasteiger partial charge in [-0.15, -0.1) is 0 Å². The van der Waals surface area contributed by atoms with Crippen LogP contribution < -0.4 is 15.6 Å². The fraction of sp³-hybridized carbons (Fsp3) is 0.720. The molecule has 7 heteroatoms. The Morgan fingerprint density at radius 2 is 0.702 bits per heavy atom. The third-order valence-electron chi connectivity index (χ3n) is 11.4. The number of rotatable bonds is 36. The molecule has 324 valence electrons. The molecule has 2 aromatic heterocycles. The standard InChI is InChI=1S/C50H84N2O5/c1-5-9-11-13-15-17-19-21-23-25-27-29-31-33-35-37-39-51-41-45(49(55)47(53)43(51)7-3)57-46-42-52(44(8-4)48(54)50(46)56)40-38-36-34-32-30-28-26-24-22-20-18-16-14-12-10-6-2/h37-42,53-54H,5-36H2,1-4H3. The molecule has 0 radical (unpaired) electrons. The van der Waals surface area contributed by atoms with Crippen LogP contribution in [0, 0.1) is 0 Å². The Morgan fingerprint density at radius 3 is 0.965 bits per heavy atom. The lowest BCUT2D eigenvalue weighted by Gasteiger charge is -2.15. The number of aromatic hydroxyl groups is 2. The van der Waals surface area contributed by atoms with E-state index in [4.69, 9.17) is 4.74 Å². The number of nitrogens with zero attached hydrogens (tertiary/aromatic N) is 2. The van der Waals surface area contributed by atoms with Crippen molar-refractivity contribution in [3.05, 3.63) is 56.4 Å². The molecule has 2 N–H and O–H groups in total. The molecule has 0 amide bonds. The first-order chi connectivity index (χ1) is 27.9. The van der Waals surface area contributed by atoms with Crippen molar-refractivity contribution >= 4 is 12.4 Å². The van der Waals surface area contributed by atoms with Gasteiger partial charge in [0.2, 0.25) is 0 Å².